The summed E-state index contributed by atoms with van der Waals surface area (Å²) in [7, 11) is 0. The zero-order chi connectivity index (χ0) is 18.5. The molecule has 0 aromatic heterocycles. The summed E-state index contributed by atoms with van der Waals surface area (Å²) >= 11 is 0. The summed E-state index contributed by atoms with van der Waals surface area (Å²) in [6, 6.07) is 21.3. The van der Waals surface area contributed by atoms with E-state index < -0.39 is 0 Å². The maximum Gasteiger partial charge on any atom is 0.124 e. The molecule has 3 aromatic carbocycles. The second-order valence-electron chi connectivity index (χ2n) is 7.30. The molecule has 1 fully saturated rings. The Morgan fingerprint density at radius 1 is 1.04 bits per heavy atom. The van der Waals surface area contributed by atoms with Gasteiger partial charge < -0.3 is 14.8 Å². The monoisotopic (exact) mass is 361 g/mol. The van der Waals surface area contributed by atoms with E-state index in [-0.39, 0.29) is 0 Å². The van der Waals surface area contributed by atoms with Crippen molar-refractivity contribution in [3.63, 3.8) is 0 Å². The van der Waals surface area contributed by atoms with Crippen LogP contribution in [0.1, 0.15) is 29.5 Å². The van der Waals surface area contributed by atoms with Gasteiger partial charge in [0.2, 0.25) is 0 Å². The van der Waals surface area contributed by atoms with Crippen LogP contribution in [-0.2, 0) is 17.9 Å². The lowest BCUT2D eigenvalue weighted by Crippen LogP contribution is -2.26. The Morgan fingerprint density at radius 3 is 2.70 bits per heavy atom. The summed E-state index contributed by atoms with van der Waals surface area (Å²) < 4.78 is 12.0. The van der Waals surface area contributed by atoms with E-state index in [9.17, 15) is 0 Å². The standard InChI is InChI=1S/C24H27NO2/c1-18-8-10-19(11-9-18)17-27-24-13-12-20-5-2-3-7-22(20)23(24)16-25-15-21-6-4-14-26-21/h2-3,5,7-13,21,25H,4,6,14-17H2,1H3. The number of benzene rings is 3. The molecule has 0 amide bonds. The summed E-state index contributed by atoms with van der Waals surface area (Å²) in [6.45, 7) is 5.25. The topological polar surface area (TPSA) is 30.5 Å². The van der Waals surface area contributed by atoms with Crippen LogP contribution >= 0.6 is 0 Å². The highest BCUT2D eigenvalue weighted by atomic mass is 16.5. The zero-order valence-corrected chi connectivity index (χ0v) is 15.9. The van der Waals surface area contributed by atoms with Gasteiger partial charge in [0.25, 0.3) is 0 Å². The molecule has 4 rings (SSSR count). The molecule has 140 valence electrons. The van der Waals surface area contributed by atoms with Crippen LogP contribution in [0.4, 0.5) is 0 Å². The second-order valence-corrected chi connectivity index (χ2v) is 7.30. The van der Waals surface area contributed by atoms with Gasteiger partial charge in [0, 0.05) is 25.3 Å². The largest absolute Gasteiger partial charge is 0.489 e. The molecule has 1 atom stereocenters. The minimum atomic E-state index is 0.344. The van der Waals surface area contributed by atoms with Gasteiger partial charge in [0.1, 0.15) is 12.4 Å². The number of rotatable bonds is 7. The van der Waals surface area contributed by atoms with Gasteiger partial charge >= 0.3 is 0 Å². The molecule has 1 heterocycles. The molecule has 27 heavy (non-hydrogen) atoms. The molecule has 0 spiro atoms. The first-order chi connectivity index (χ1) is 13.3. The number of aryl methyl sites for hydroxylation is 1. The van der Waals surface area contributed by atoms with Crippen molar-refractivity contribution in [1.29, 1.82) is 0 Å². The third-order valence-electron chi connectivity index (χ3n) is 5.21. The van der Waals surface area contributed by atoms with Gasteiger partial charge in [-0.2, -0.15) is 0 Å². The Morgan fingerprint density at radius 2 is 1.89 bits per heavy atom. The average Bonchev–Trinajstić information content (AvgIpc) is 3.22. The van der Waals surface area contributed by atoms with E-state index in [4.69, 9.17) is 9.47 Å². The van der Waals surface area contributed by atoms with Gasteiger partial charge in [0.15, 0.2) is 0 Å². The van der Waals surface area contributed by atoms with E-state index in [1.165, 1.54) is 33.9 Å². The summed E-state index contributed by atoms with van der Waals surface area (Å²) in [4.78, 5) is 0. The highest BCUT2D eigenvalue weighted by Gasteiger charge is 2.15. The zero-order valence-electron chi connectivity index (χ0n) is 15.9. The van der Waals surface area contributed by atoms with Crippen LogP contribution in [0.2, 0.25) is 0 Å². The van der Waals surface area contributed by atoms with Crippen LogP contribution in [0.5, 0.6) is 5.75 Å². The molecular weight excluding hydrogens is 334 g/mol. The SMILES string of the molecule is Cc1ccc(COc2ccc3ccccc3c2CNCC2CCCO2)cc1. The van der Waals surface area contributed by atoms with Crippen LogP contribution < -0.4 is 10.1 Å². The predicted molar refractivity (Wildman–Crippen MR) is 110 cm³/mol. The lowest BCUT2D eigenvalue weighted by atomic mass is 10.0. The Hall–Kier alpha value is -2.36. The van der Waals surface area contributed by atoms with Crippen LogP contribution in [0.3, 0.4) is 0 Å². The number of hydrogen-bond acceptors (Lipinski definition) is 3. The van der Waals surface area contributed by atoms with Crippen molar-refractivity contribution in [3.05, 3.63) is 77.4 Å². The van der Waals surface area contributed by atoms with E-state index in [0.717, 1.165) is 31.9 Å². The second kappa shape index (κ2) is 8.55. The Bertz CT molecular complexity index is 883. The molecule has 0 bridgehead atoms. The molecule has 0 aliphatic carbocycles. The molecular formula is C24H27NO2. The average molecular weight is 361 g/mol. The minimum Gasteiger partial charge on any atom is -0.489 e. The number of ether oxygens (including phenoxy) is 2. The van der Waals surface area contributed by atoms with E-state index in [0.29, 0.717) is 12.7 Å². The minimum absolute atomic E-state index is 0.344. The predicted octanol–water partition coefficient (Wildman–Crippen LogP) is 5.00. The van der Waals surface area contributed by atoms with Gasteiger partial charge in [-0.3, -0.25) is 0 Å². The smallest absolute Gasteiger partial charge is 0.124 e. The fourth-order valence-corrected chi connectivity index (χ4v) is 3.64. The molecule has 1 aliphatic rings. The van der Waals surface area contributed by atoms with Crippen LogP contribution in [-0.4, -0.2) is 19.3 Å². The first kappa shape index (κ1) is 18.0. The third-order valence-corrected chi connectivity index (χ3v) is 5.21. The Kier molecular flexibility index (Phi) is 5.71. The molecule has 1 saturated heterocycles. The number of hydrogen-bond donors (Lipinski definition) is 1. The van der Waals surface area contributed by atoms with Crippen molar-refractivity contribution < 1.29 is 9.47 Å². The maximum absolute atomic E-state index is 6.22. The molecule has 1 aliphatic heterocycles. The first-order valence-corrected chi connectivity index (χ1v) is 9.81. The molecule has 3 heteroatoms. The first-order valence-electron chi connectivity index (χ1n) is 9.81. The maximum atomic E-state index is 6.22. The third kappa shape index (κ3) is 4.49. The molecule has 3 aromatic rings. The van der Waals surface area contributed by atoms with Crippen molar-refractivity contribution >= 4 is 10.8 Å². The summed E-state index contributed by atoms with van der Waals surface area (Å²) in [5, 5.41) is 6.07. The highest BCUT2D eigenvalue weighted by Crippen LogP contribution is 2.29. The molecule has 0 saturated carbocycles. The lowest BCUT2D eigenvalue weighted by molar-refractivity contribution is 0.110. The number of nitrogens with one attached hydrogen (secondary N) is 1. The highest BCUT2D eigenvalue weighted by molar-refractivity contribution is 5.87. The summed E-state index contributed by atoms with van der Waals surface area (Å²) in [6.07, 6.45) is 2.67. The van der Waals surface area contributed by atoms with Crippen molar-refractivity contribution in [3.8, 4) is 5.75 Å². The van der Waals surface area contributed by atoms with Crippen molar-refractivity contribution in [1.82, 2.24) is 5.32 Å². The number of fused-ring (bicyclic) bond motifs is 1. The van der Waals surface area contributed by atoms with Gasteiger partial charge in [-0.25, -0.2) is 0 Å². The lowest BCUT2D eigenvalue weighted by Gasteiger charge is -2.16. The van der Waals surface area contributed by atoms with E-state index in [2.05, 4.69) is 72.9 Å². The Labute approximate surface area is 161 Å². The van der Waals surface area contributed by atoms with Gasteiger partial charge in [-0.05, 0) is 42.2 Å². The molecule has 0 radical (unpaired) electrons. The van der Waals surface area contributed by atoms with Gasteiger partial charge in [-0.1, -0.05) is 60.2 Å². The summed E-state index contributed by atoms with van der Waals surface area (Å²) in [5.41, 5.74) is 3.67. The fourth-order valence-electron chi connectivity index (χ4n) is 3.64. The van der Waals surface area contributed by atoms with Crippen molar-refractivity contribution in [2.45, 2.75) is 39.0 Å². The van der Waals surface area contributed by atoms with Crippen LogP contribution in [0, 0.1) is 6.92 Å². The van der Waals surface area contributed by atoms with E-state index in [1.807, 2.05) is 0 Å². The van der Waals surface area contributed by atoms with E-state index >= 15 is 0 Å². The quantitative estimate of drug-likeness (QED) is 0.643. The van der Waals surface area contributed by atoms with Crippen LogP contribution in [0.15, 0.2) is 60.7 Å². The van der Waals surface area contributed by atoms with Gasteiger partial charge in [0.05, 0.1) is 6.10 Å². The van der Waals surface area contributed by atoms with Crippen molar-refractivity contribution in [2.24, 2.45) is 0 Å². The van der Waals surface area contributed by atoms with Crippen LogP contribution in [0.25, 0.3) is 10.8 Å². The molecule has 1 N–H and O–H groups in total. The fraction of sp³-hybridized carbons (Fsp3) is 0.333. The normalized spacial score (nSPS) is 16.7. The summed E-state index contributed by atoms with van der Waals surface area (Å²) in [5.74, 6) is 0.953. The van der Waals surface area contributed by atoms with E-state index in [1.54, 1.807) is 0 Å². The molecule has 1 unspecified atom stereocenters. The van der Waals surface area contributed by atoms with Crippen molar-refractivity contribution in [2.75, 3.05) is 13.2 Å². The Balaban J connectivity index is 1.51. The molecule has 3 nitrogen and oxygen atoms in total. The van der Waals surface area contributed by atoms with Gasteiger partial charge in [-0.15, -0.1) is 0 Å².